The third kappa shape index (κ3) is 3.39. The highest BCUT2D eigenvalue weighted by atomic mass is 19.4. The quantitative estimate of drug-likeness (QED) is 0.799. The number of hydrogen-bond donors (Lipinski definition) is 2. The molecule has 0 bridgehead atoms. The summed E-state index contributed by atoms with van der Waals surface area (Å²) in [6.07, 6.45) is -4.77. The number of alkyl halides is 3. The molecule has 1 heterocycles. The van der Waals surface area contributed by atoms with E-state index in [0.29, 0.717) is 0 Å². The van der Waals surface area contributed by atoms with E-state index in [9.17, 15) is 18.0 Å². The highest BCUT2D eigenvalue weighted by molar-refractivity contribution is 5.84. The van der Waals surface area contributed by atoms with Gasteiger partial charge in [-0.2, -0.15) is 13.2 Å². The van der Waals surface area contributed by atoms with Crippen LogP contribution in [0.1, 0.15) is 20.3 Å². The predicted molar refractivity (Wildman–Crippen MR) is 64.6 cm³/mol. The van der Waals surface area contributed by atoms with Gasteiger partial charge in [-0.25, -0.2) is 0 Å². The molecule has 1 amide bonds. The fourth-order valence-corrected chi connectivity index (χ4v) is 2.14. The van der Waals surface area contributed by atoms with Crippen LogP contribution in [0.3, 0.4) is 0 Å². The molecule has 0 aromatic heterocycles. The zero-order valence-corrected chi connectivity index (χ0v) is 11.4. The molecule has 7 heteroatoms. The zero-order valence-electron chi connectivity index (χ0n) is 11.4. The number of methoxy groups -OCH3 is 1. The zero-order chi connectivity index (χ0) is 14.7. The summed E-state index contributed by atoms with van der Waals surface area (Å²) in [5.74, 6) is -0.954. The van der Waals surface area contributed by atoms with Gasteiger partial charge in [-0.15, -0.1) is 0 Å². The predicted octanol–water partition coefficient (Wildman–Crippen LogP) is 1.32. The van der Waals surface area contributed by atoms with Crippen molar-refractivity contribution in [3.63, 3.8) is 0 Å². The van der Waals surface area contributed by atoms with Gasteiger partial charge < -0.3 is 15.4 Å². The molecule has 1 saturated heterocycles. The van der Waals surface area contributed by atoms with E-state index in [1.807, 2.05) is 13.8 Å². The molecule has 1 rings (SSSR count). The summed E-state index contributed by atoms with van der Waals surface area (Å²) in [4.78, 5) is 12.1. The van der Waals surface area contributed by atoms with Crippen LogP contribution in [0.2, 0.25) is 0 Å². The number of nitrogens with one attached hydrogen (secondary N) is 2. The van der Waals surface area contributed by atoms with Crippen molar-refractivity contribution in [3.8, 4) is 0 Å². The van der Waals surface area contributed by atoms with Gasteiger partial charge in [0, 0.05) is 13.7 Å². The minimum Gasteiger partial charge on any atom is -0.383 e. The molecule has 1 aliphatic rings. The van der Waals surface area contributed by atoms with Gasteiger partial charge in [-0.1, -0.05) is 13.8 Å². The molecule has 4 nitrogen and oxygen atoms in total. The average Bonchev–Trinajstić information content (AvgIpc) is 2.77. The first-order valence-corrected chi connectivity index (χ1v) is 6.32. The number of carbonyl (C=O) groups excluding carboxylic acids is 1. The second-order valence-corrected chi connectivity index (χ2v) is 5.29. The molecular formula is C12H21F3N2O2. The van der Waals surface area contributed by atoms with Gasteiger partial charge in [0.15, 0.2) is 5.41 Å². The van der Waals surface area contributed by atoms with E-state index in [0.717, 1.165) is 0 Å². The second-order valence-electron chi connectivity index (χ2n) is 5.29. The van der Waals surface area contributed by atoms with E-state index in [4.69, 9.17) is 4.74 Å². The maximum absolute atomic E-state index is 13.2. The van der Waals surface area contributed by atoms with Crippen LogP contribution >= 0.6 is 0 Å². The molecule has 0 saturated carbocycles. The Kier molecular flexibility index (Phi) is 5.20. The largest absolute Gasteiger partial charge is 0.404 e. The molecule has 19 heavy (non-hydrogen) atoms. The lowest BCUT2D eigenvalue weighted by molar-refractivity contribution is -0.216. The van der Waals surface area contributed by atoms with E-state index in [1.165, 1.54) is 7.11 Å². The van der Waals surface area contributed by atoms with E-state index >= 15 is 0 Å². The summed E-state index contributed by atoms with van der Waals surface area (Å²) in [7, 11) is 1.46. The van der Waals surface area contributed by atoms with Crippen LogP contribution in [-0.4, -0.2) is 44.9 Å². The van der Waals surface area contributed by atoms with Gasteiger partial charge in [0.2, 0.25) is 5.91 Å². The fourth-order valence-electron chi connectivity index (χ4n) is 2.14. The molecule has 0 radical (unpaired) electrons. The lowest BCUT2D eigenvalue weighted by Crippen LogP contribution is -2.56. The van der Waals surface area contributed by atoms with E-state index < -0.39 is 23.5 Å². The van der Waals surface area contributed by atoms with Crippen LogP contribution in [0.25, 0.3) is 0 Å². The normalized spacial score (nSPS) is 25.6. The van der Waals surface area contributed by atoms with Gasteiger partial charge in [0.1, 0.15) is 0 Å². The van der Waals surface area contributed by atoms with Gasteiger partial charge >= 0.3 is 6.18 Å². The molecule has 2 atom stereocenters. The van der Waals surface area contributed by atoms with Crippen molar-refractivity contribution in [2.24, 2.45) is 11.3 Å². The molecule has 112 valence electrons. The van der Waals surface area contributed by atoms with Crippen LogP contribution in [0.4, 0.5) is 13.2 Å². The first kappa shape index (κ1) is 16.2. The standard InChI is InChI=1S/C12H21F3N2O2/c1-8(2)9(6-19-3)17-10(18)11(12(13,14)15)4-5-16-7-11/h8-9,16H,4-7H2,1-3H3,(H,17,18). The van der Waals surface area contributed by atoms with Crippen molar-refractivity contribution >= 4 is 5.91 Å². The second kappa shape index (κ2) is 6.09. The molecule has 0 spiro atoms. The number of hydrogen-bond acceptors (Lipinski definition) is 3. The molecule has 0 aromatic rings. The lowest BCUT2D eigenvalue weighted by atomic mass is 9.84. The van der Waals surface area contributed by atoms with Crippen LogP contribution in [-0.2, 0) is 9.53 Å². The number of ether oxygens (including phenoxy) is 1. The third-order valence-electron chi connectivity index (χ3n) is 3.60. The number of amides is 1. The average molecular weight is 282 g/mol. The van der Waals surface area contributed by atoms with Crippen LogP contribution < -0.4 is 10.6 Å². The minimum atomic E-state index is -4.55. The molecule has 1 fully saturated rings. The van der Waals surface area contributed by atoms with Crippen molar-refractivity contribution in [1.29, 1.82) is 0 Å². The van der Waals surface area contributed by atoms with Gasteiger partial charge in [0.25, 0.3) is 0 Å². The number of rotatable bonds is 5. The lowest BCUT2D eigenvalue weighted by Gasteiger charge is -2.32. The SMILES string of the molecule is COCC(NC(=O)C1(C(F)(F)F)CCNC1)C(C)C. The smallest absolute Gasteiger partial charge is 0.383 e. The first-order valence-electron chi connectivity index (χ1n) is 6.32. The summed E-state index contributed by atoms with van der Waals surface area (Å²) in [5, 5.41) is 5.11. The Morgan fingerprint density at radius 3 is 2.47 bits per heavy atom. The van der Waals surface area contributed by atoms with Crippen molar-refractivity contribution in [1.82, 2.24) is 10.6 Å². The third-order valence-corrected chi connectivity index (χ3v) is 3.60. The minimum absolute atomic E-state index is 0.00328. The highest BCUT2D eigenvalue weighted by Crippen LogP contribution is 2.43. The molecule has 2 unspecified atom stereocenters. The molecule has 0 aliphatic carbocycles. The molecular weight excluding hydrogens is 261 g/mol. The van der Waals surface area contributed by atoms with Crippen LogP contribution in [0.15, 0.2) is 0 Å². The van der Waals surface area contributed by atoms with Crippen molar-refractivity contribution in [2.45, 2.75) is 32.5 Å². The van der Waals surface area contributed by atoms with Crippen molar-refractivity contribution in [3.05, 3.63) is 0 Å². The Bertz CT molecular complexity index is 313. The fraction of sp³-hybridized carbons (Fsp3) is 0.917. The van der Waals surface area contributed by atoms with Gasteiger partial charge in [-0.3, -0.25) is 4.79 Å². The van der Waals surface area contributed by atoms with E-state index in [2.05, 4.69) is 10.6 Å². The first-order chi connectivity index (χ1) is 8.74. The molecule has 2 N–H and O–H groups in total. The van der Waals surface area contributed by atoms with E-state index in [-0.39, 0.29) is 32.0 Å². The van der Waals surface area contributed by atoms with Gasteiger partial charge in [-0.05, 0) is 18.9 Å². The monoisotopic (exact) mass is 282 g/mol. The maximum Gasteiger partial charge on any atom is 0.404 e. The molecule has 1 aliphatic heterocycles. The summed E-state index contributed by atoms with van der Waals surface area (Å²) >= 11 is 0. The van der Waals surface area contributed by atoms with Crippen molar-refractivity contribution in [2.75, 3.05) is 26.8 Å². The summed E-state index contributed by atoms with van der Waals surface area (Å²) in [5.41, 5.74) is -2.31. The maximum atomic E-state index is 13.2. The van der Waals surface area contributed by atoms with Crippen LogP contribution in [0, 0.1) is 11.3 Å². The Morgan fingerprint density at radius 2 is 2.11 bits per heavy atom. The Balaban J connectivity index is 2.84. The Morgan fingerprint density at radius 1 is 1.47 bits per heavy atom. The van der Waals surface area contributed by atoms with E-state index in [1.54, 1.807) is 0 Å². The van der Waals surface area contributed by atoms with Gasteiger partial charge in [0.05, 0.1) is 12.6 Å². The van der Waals surface area contributed by atoms with Crippen molar-refractivity contribution < 1.29 is 22.7 Å². The summed E-state index contributed by atoms with van der Waals surface area (Å²) in [6.45, 7) is 3.70. The Labute approximate surface area is 111 Å². The topological polar surface area (TPSA) is 50.4 Å². The Hall–Kier alpha value is -0.820. The highest BCUT2D eigenvalue weighted by Gasteiger charge is 2.61. The van der Waals surface area contributed by atoms with Crippen LogP contribution in [0.5, 0.6) is 0 Å². The summed E-state index contributed by atoms with van der Waals surface area (Å²) in [6, 6.07) is -0.419. The summed E-state index contributed by atoms with van der Waals surface area (Å²) < 4.78 is 44.5. The number of halogens is 3. The number of carbonyl (C=O) groups is 1. The molecule has 0 aromatic carbocycles.